The van der Waals surface area contributed by atoms with Gasteiger partial charge in [0.1, 0.15) is 18.7 Å². The zero-order chi connectivity index (χ0) is 27.8. The molecule has 0 radical (unpaired) electrons. The lowest BCUT2D eigenvalue weighted by Gasteiger charge is -2.23. The largest absolute Gasteiger partial charge is 0.445 e. The summed E-state index contributed by atoms with van der Waals surface area (Å²) in [5.74, 6) is -1.47. The molecule has 0 fully saturated rings. The highest BCUT2D eigenvalue weighted by atomic mass is 16.5. The number of allylic oxidation sites excluding steroid dienone is 1. The van der Waals surface area contributed by atoms with Gasteiger partial charge in [0.05, 0.1) is 6.26 Å². The third-order valence-corrected chi connectivity index (χ3v) is 5.49. The van der Waals surface area contributed by atoms with Crippen LogP contribution in [0, 0.1) is 5.92 Å². The summed E-state index contributed by atoms with van der Waals surface area (Å²) in [6, 6.07) is 16.5. The Bertz CT molecular complexity index is 1060. The molecule has 4 N–H and O–H groups in total. The van der Waals surface area contributed by atoms with Crippen LogP contribution < -0.4 is 16.4 Å². The van der Waals surface area contributed by atoms with Crippen LogP contribution >= 0.6 is 0 Å². The van der Waals surface area contributed by atoms with E-state index in [4.69, 9.17) is 15.2 Å². The van der Waals surface area contributed by atoms with Crippen LogP contribution in [0.3, 0.4) is 0 Å². The molecule has 9 nitrogen and oxygen atoms in total. The summed E-state index contributed by atoms with van der Waals surface area (Å²) in [5, 5.41) is 5.36. The number of ether oxygens (including phenoxy) is 2. The van der Waals surface area contributed by atoms with E-state index in [1.807, 2.05) is 74.5 Å². The van der Waals surface area contributed by atoms with E-state index >= 15 is 0 Å². The van der Waals surface area contributed by atoms with Gasteiger partial charge in [0.15, 0.2) is 0 Å². The monoisotopic (exact) mass is 523 g/mol. The summed E-state index contributed by atoms with van der Waals surface area (Å²) < 4.78 is 10.5. The molecule has 2 rings (SSSR count). The minimum absolute atomic E-state index is 0.0669. The number of hydrogen-bond donors (Lipinski definition) is 3. The summed E-state index contributed by atoms with van der Waals surface area (Å²) in [7, 11) is 0. The van der Waals surface area contributed by atoms with Crippen molar-refractivity contribution in [1.82, 2.24) is 10.6 Å². The van der Waals surface area contributed by atoms with Gasteiger partial charge >= 0.3 is 12.1 Å². The number of rotatable bonds is 15. The minimum atomic E-state index is -0.989. The second-order valence-electron chi connectivity index (χ2n) is 9.31. The first-order valence-electron chi connectivity index (χ1n) is 12.7. The van der Waals surface area contributed by atoms with Gasteiger partial charge in [-0.2, -0.15) is 0 Å². The second-order valence-corrected chi connectivity index (χ2v) is 9.31. The number of unbranched alkanes of at least 4 members (excludes halogenated alkanes) is 1. The highest BCUT2D eigenvalue weighted by Gasteiger charge is 2.28. The minimum Gasteiger partial charge on any atom is -0.445 e. The Morgan fingerprint density at radius 3 is 2.13 bits per heavy atom. The molecule has 2 unspecified atom stereocenters. The van der Waals surface area contributed by atoms with E-state index in [0.717, 1.165) is 11.1 Å². The van der Waals surface area contributed by atoms with Crippen molar-refractivity contribution in [3.8, 4) is 0 Å². The smallest absolute Gasteiger partial charge is 0.408 e. The Labute approximate surface area is 223 Å². The van der Waals surface area contributed by atoms with Crippen molar-refractivity contribution >= 4 is 23.9 Å². The molecular formula is C29H37N3O6. The van der Waals surface area contributed by atoms with Gasteiger partial charge in [0, 0.05) is 12.8 Å². The van der Waals surface area contributed by atoms with Crippen molar-refractivity contribution in [2.24, 2.45) is 11.7 Å². The number of hydrogen-bond acceptors (Lipinski definition) is 6. The predicted molar refractivity (Wildman–Crippen MR) is 143 cm³/mol. The van der Waals surface area contributed by atoms with Gasteiger partial charge in [-0.1, -0.05) is 74.5 Å². The molecular weight excluding hydrogens is 486 g/mol. The number of nitrogens with two attached hydrogens (primary N) is 1. The standard InChI is InChI=1S/C29H37N3O6/c1-21(2)18-24(32-29(36)38-20-23-14-8-4-9-15-23)27(34)31-25(19-22-12-6-3-7-13-22)28(35)37-17-11-5-10-16-26(30)33/h3-4,6-9,11-15,17,21,24-25H,5,10,16,18-20H2,1-2H3,(H2,30,33)(H,31,34)(H,32,36). The van der Waals surface area contributed by atoms with Crippen LogP contribution in [0.15, 0.2) is 73.0 Å². The van der Waals surface area contributed by atoms with E-state index in [-0.39, 0.29) is 25.4 Å². The lowest BCUT2D eigenvalue weighted by atomic mass is 10.0. The van der Waals surface area contributed by atoms with Crippen molar-refractivity contribution in [3.05, 3.63) is 84.1 Å². The molecule has 0 heterocycles. The van der Waals surface area contributed by atoms with Gasteiger partial charge < -0.3 is 25.8 Å². The van der Waals surface area contributed by atoms with E-state index in [1.54, 1.807) is 6.08 Å². The van der Waals surface area contributed by atoms with Gasteiger partial charge in [-0.3, -0.25) is 9.59 Å². The molecule has 0 saturated carbocycles. The van der Waals surface area contributed by atoms with Gasteiger partial charge in [-0.15, -0.1) is 0 Å². The molecule has 0 aliphatic heterocycles. The number of carbonyl (C=O) groups is 4. The third kappa shape index (κ3) is 12.2. The number of alkyl carbamates (subject to hydrolysis) is 1. The van der Waals surface area contributed by atoms with E-state index in [1.165, 1.54) is 6.26 Å². The van der Waals surface area contributed by atoms with Crippen LogP contribution in [-0.4, -0.2) is 36.0 Å². The quantitative estimate of drug-likeness (QED) is 0.185. The fourth-order valence-corrected chi connectivity index (χ4v) is 3.58. The molecule has 0 bridgehead atoms. The SMILES string of the molecule is CC(C)CC(NC(=O)OCc1ccccc1)C(=O)NC(Cc1ccccc1)C(=O)OC=CCCCC(N)=O. The molecule has 38 heavy (non-hydrogen) atoms. The molecule has 2 aromatic rings. The number of benzene rings is 2. The number of nitrogens with one attached hydrogen (secondary N) is 2. The Hall–Kier alpha value is -4.14. The lowest BCUT2D eigenvalue weighted by Crippen LogP contribution is -2.52. The van der Waals surface area contributed by atoms with Crippen LogP contribution in [-0.2, 0) is 36.9 Å². The summed E-state index contributed by atoms with van der Waals surface area (Å²) in [5.41, 5.74) is 6.77. The summed E-state index contributed by atoms with van der Waals surface area (Å²) >= 11 is 0. The van der Waals surface area contributed by atoms with Crippen molar-refractivity contribution in [1.29, 1.82) is 0 Å². The van der Waals surface area contributed by atoms with Crippen LogP contribution in [0.2, 0.25) is 0 Å². The van der Waals surface area contributed by atoms with Crippen LogP contribution in [0.25, 0.3) is 0 Å². The maximum absolute atomic E-state index is 13.2. The highest BCUT2D eigenvalue weighted by Crippen LogP contribution is 2.10. The van der Waals surface area contributed by atoms with Crippen molar-refractivity contribution in [3.63, 3.8) is 0 Å². The zero-order valence-electron chi connectivity index (χ0n) is 21.9. The molecule has 0 aromatic heterocycles. The molecule has 0 saturated heterocycles. The number of amides is 3. The average molecular weight is 524 g/mol. The van der Waals surface area contributed by atoms with E-state index < -0.39 is 36.0 Å². The molecule has 2 atom stereocenters. The molecule has 2 aromatic carbocycles. The topological polar surface area (TPSA) is 137 Å². The van der Waals surface area contributed by atoms with Crippen molar-refractivity contribution in [2.75, 3.05) is 0 Å². The highest BCUT2D eigenvalue weighted by molar-refractivity contribution is 5.90. The van der Waals surface area contributed by atoms with Gasteiger partial charge in [0.2, 0.25) is 11.8 Å². The fraction of sp³-hybridized carbons (Fsp3) is 0.379. The Morgan fingerprint density at radius 2 is 1.53 bits per heavy atom. The van der Waals surface area contributed by atoms with E-state index in [2.05, 4.69) is 10.6 Å². The first kappa shape index (κ1) is 30.1. The molecule has 204 valence electrons. The molecule has 3 amide bonds. The Morgan fingerprint density at radius 1 is 0.895 bits per heavy atom. The van der Waals surface area contributed by atoms with Crippen LogP contribution in [0.5, 0.6) is 0 Å². The second kappa shape index (κ2) is 16.6. The number of carbonyl (C=O) groups excluding carboxylic acids is 4. The lowest BCUT2D eigenvalue weighted by molar-refractivity contribution is -0.143. The van der Waals surface area contributed by atoms with E-state index in [9.17, 15) is 19.2 Å². The van der Waals surface area contributed by atoms with Crippen molar-refractivity contribution in [2.45, 2.75) is 64.6 Å². The zero-order valence-corrected chi connectivity index (χ0v) is 21.9. The molecule has 0 aliphatic rings. The number of primary amides is 1. The first-order chi connectivity index (χ1) is 18.2. The third-order valence-electron chi connectivity index (χ3n) is 5.49. The average Bonchev–Trinajstić information content (AvgIpc) is 2.89. The van der Waals surface area contributed by atoms with Gasteiger partial charge in [0.25, 0.3) is 0 Å². The normalized spacial score (nSPS) is 12.5. The summed E-state index contributed by atoms with van der Waals surface area (Å²) in [6.07, 6.45) is 3.98. The first-order valence-corrected chi connectivity index (χ1v) is 12.7. The maximum Gasteiger partial charge on any atom is 0.408 e. The fourth-order valence-electron chi connectivity index (χ4n) is 3.58. The molecule has 0 aliphatic carbocycles. The predicted octanol–water partition coefficient (Wildman–Crippen LogP) is 3.77. The molecule has 0 spiro atoms. The van der Waals surface area contributed by atoms with Crippen LogP contribution in [0.1, 0.15) is 50.7 Å². The summed E-state index contributed by atoms with van der Waals surface area (Å²) in [4.78, 5) is 49.4. The van der Waals surface area contributed by atoms with Gasteiger partial charge in [-0.05, 0) is 42.4 Å². The number of esters is 1. The van der Waals surface area contributed by atoms with Gasteiger partial charge in [-0.25, -0.2) is 9.59 Å². The Balaban J connectivity index is 2.04. The molecule has 9 heteroatoms. The maximum atomic E-state index is 13.2. The van der Waals surface area contributed by atoms with Crippen LogP contribution in [0.4, 0.5) is 4.79 Å². The summed E-state index contributed by atoms with van der Waals surface area (Å²) in [6.45, 7) is 3.92. The Kier molecular flexibility index (Phi) is 13.1. The van der Waals surface area contributed by atoms with E-state index in [0.29, 0.717) is 19.3 Å². The van der Waals surface area contributed by atoms with Crippen molar-refractivity contribution < 1.29 is 28.7 Å².